The van der Waals surface area contributed by atoms with Gasteiger partial charge < -0.3 is 14.2 Å². The Balaban J connectivity index is 4.36. The zero-order valence-corrected chi connectivity index (χ0v) is 42.6. The number of esters is 3. The van der Waals surface area contributed by atoms with Gasteiger partial charge in [0.1, 0.15) is 13.2 Å². The Morgan fingerprint density at radius 3 is 0.891 bits per heavy atom. The van der Waals surface area contributed by atoms with Crippen LogP contribution >= 0.6 is 0 Å². The summed E-state index contributed by atoms with van der Waals surface area (Å²) in [6.45, 7) is 6.57. The third kappa shape index (κ3) is 50.4. The molecule has 0 aromatic heterocycles. The Kier molecular flexibility index (Phi) is 50.8. The van der Waals surface area contributed by atoms with Crippen molar-refractivity contribution < 1.29 is 28.6 Å². The number of ether oxygens (including phenoxy) is 3. The molecule has 0 saturated carbocycles. The number of rotatable bonds is 50. The van der Waals surface area contributed by atoms with Crippen LogP contribution in [0, 0.1) is 0 Å². The summed E-state index contributed by atoms with van der Waals surface area (Å²) in [5.74, 6) is -0.918. The van der Waals surface area contributed by atoms with E-state index in [0.29, 0.717) is 19.3 Å². The number of hydrogen-bond acceptors (Lipinski definition) is 6. The first-order valence-electron chi connectivity index (χ1n) is 27.7. The van der Waals surface area contributed by atoms with Gasteiger partial charge in [0, 0.05) is 19.3 Å². The van der Waals surface area contributed by atoms with Crippen molar-refractivity contribution in [2.45, 2.75) is 290 Å². The molecule has 0 fully saturated rings. The van der Waals surface area contributed by atoms with Crippen LogP contribution in [0.3, 0.4) is 0 Å². The summed E-state index contributed by atoms with van der Waals surface area (Å²) in [4.78, 5) is 38.0. The minimum absolute atomic E-state index is 0.0873. The van der Waals surface area contributed by atoms with Crippen LogP contribution in [0.5, 0.6) is 0 Å². The van der Waals surface area contributed by atoms with Crippen molar-refractivity contribution in [3.8, 4) is 0 Å². The molecule has 0 aliphatic carbocycles. The molecule has 6 heteroatoms. The molecule has 0 radical (unpaired) electrons. The SMILES string of the molecule is CCCC/C=C\C=C/CCCCCC(=O)OCC(COC(=O)CCCCCCC/C=C\C=C/CCCCCCCCC)OC(=O)CCCCCCCCCCCCCCCCCCC. The Labute approximate surface area is 397 Å². The molecule has 0 aromatic rings. The number of hydrogen-bond donors (Lipinski definition) is 0. The zero-order valence-electron chi connectivity index (χ0n) is 42.6. The molecule has 0 heterocycles. The van der Waals surface area contributed by atoms with Gasteiger partial charge in [-0.3, -0.25) is 14.4 Å². The summed E-state index contributed by atoms with van der Waals surface area (Å²) in [5, 5.41) is 0. The van der Waals surface area contributed by atoms with Gasteiger partial charge in [-0.1, -0.05) is 249 Å². The van der Waals surface area contributed by atoms with E-state index in [1.54, 1.807) is 0 Å². The summed E-state index contributed by atoms with van der Waals surface area (Å²) in [7, 11) is 0. The molecular formula is C58H104O6. The van der Waals surface area contributed by atoms with E-state index in [1.165, 1.54) is 154 Å². The van der Waals surface area contributed by atoms with E-state index in [1.807, 2.05) is 0 Å². The van der Waals surface area contributed by atoms with Gasteiger partial charge in [-0.05, 0) is 64.2 Å². The average Bonchev–Trinajstić information content (AvgIpc) is 3.29. The van der Waals surface area contributed by atoms with Crippen LogP contribution in [0.1, 0.15) is 284 Å². The Morgan fingerprint density at radius 2 is 0.562 bits per heavy atom. The largest absolute Gasteiger partial charge is 0.462 e. The van der Waals surface area contributed by atoms with Crippen LogP contribution in [0.15, 0.2) is 48.6 Å². The topological polar surface area (TPSA) is 78.9 Å². The van der Waals surface area contributed by atoms with Gasteiger partial charge in [0.25, 0.3) is 0 Å². The van der Waals surface area contributed by atoms with E-state index < -0.39 is 6.10 Å². The van der Waals surface area contributed by atoms with Crippen LogP contribution in [0.4, 0.5) is 0 Å². The summed E-state index contributed by atoms with van der Waals surface area (Å²) in [6.07, 6.45) is 63.9. The molecule has 0 rings (SSSR count). The molecule has 64 heavy (non-hydrogen) atoms. The first kappa shape index (κ1) is 61.4. The molecule has 0 aromatic carbocycles. The number of carbonyl (C=O) groups is 3. The van der Waals surface area contributed by atoms with Crippen LogP contribution < -0.4 is 0 Å². The smallest absolute Gasteiger partial charge is 0.306 e. The Morgan fingerprint density at radius 1 is 0.312 bits per heavy atom. The molecule has 6 nitrogen and oxygen atoms in total. The molecule has 1 atom stereocenters. The van der Waals surface area contributed by atoms with E-state index in [9.17, 15) is 14.4 Å². The quantitative estimate of drug-likeness (QED) is 0.0262. The van der Waals surface area contributed by atoms with Gasteiger partial charge in [0.15, 0.2) is 6.10 Å². The van der Waals surface area contributed by atoms with Gasteiger partial charge in [0.05, 0.1) is 0 Å². The fourth-order valence-corrected chi connectivity index (χ4v) is 7.88. The van der Waals surface area contributed by atoms with Crippen molar-refractivity contribution in [3.05, 3.63) is 48.6 Å². The van der Waals surface area contributed by atoms with Crippen molar-refractivity contribution in [1.29, 1.82) is 0 Å². The van der Waals surface area contributed by atoms with E-state index in [-0.39, 0.29) is 31.1 Å². The molecule has 0 N–H and O–H groups in total. The molecule has 0 amide bonds. The third-order valence-electron chi connectivity index (χ3n) is 12.1. The minimum atomic E-state index is -0.787. The van der Waals surface area contributed by atoms with Gasteiger partial charge in [-0.2, -0.15) is 0 Å². The molecule has 0 aliphatic heterocycles. The lowest BCUT2D eigenvalue weighted by Crippen LogP contribution is -2.30. The third-order valence-corrected chi connectivity index (χ3v) is 12.1. The highest BCUT2D eigenvalue weighted by atomic mass is 16.6. The normalized spacial score (nSPS) is 12.4. The second-order valence-corrected chi connectivity index (χ2v) is 18.6. The fraction of sp³-hybridized carbons (Fsp3) is 0.810. The number of unbranched alkanes of at least 4 members (excludes halogenated alkanes) is 33. The molecule has 0 aliphatic rings. The molecule has 372 valence electrons. The van der Waals surface area contributed by atoms with Crippen molar-refractivity contribution in [1.82, 2.24) is 0 Å². The second kappa shape index (κ2) is 53.0. The van der Waals surface area contributed by atoms with E-state index in [2.05, 4.69) is 69.4 Å². The maximum absolute atomic E-state index is 12.8. The van der Waals surface area contributed by atoms with Gasteiger partial charge in [-0.25, -0.2) is 0 Å². The van der Waals surface area contributed by atoms with Crippen molar-refractivity contribution in [3.63, 3.8) is 0 Å². The fourth-order valence-electron chi connectivity index (χ4n) is 7.88. The predicted octanol–water partition coefficient (Wildman–Crippen LogP) is 18.3. The number of allylic oxidation sites excluding steroid dienone is 8. The Bertz CT molecular complexity index is 1120. The van der Waals surface area contributed by atoms with Crippen LogP contribution in [0.2, 0.25) is 0 Å². The lowest BCUT2D eigenvalue weighted by atomic mass is 10.0. The first-order valence-corrected chi connectivity index (χ1v) is 27.7. The maximum Gasteiger partial charge on any atom is 0.306 e. The average molecular weight is 897 g/mol. The second-order valence-electron chi connectivity index (χ2n) is 18.6. The molecule has 1 unspecified atom stereocenters. The van der Waals surface area contributed by atoms with Gasteiger partial charge in [0.2, 0.25) is 0 Å². The van der Waals surface area contributed by atoms with E-state index in [4.69, 9.17) is 14.2 Å². The highest BCUT2D eigenvalue weighted by molar-refractivity contribution is 5.71. The van der Waals surface area contributed by atoms with Crippen LogP contribution in [-0.2, 0) is 28.6 Å². The van der Waals surface area contributed by atoms with Crippen molar-refractivity contribution >= 4 is 17.9 Å². The van der Waals surface area contributed by atoms with Gasteiger partial charge >= 0.3 is 17.9 Å². The zero-order chi connectivity index (χ0) is 46.5. The predicted molar refractivity (Wildman–Crippen MR) is 275 cm³/mol. The standard InChI is InChI=1S/C58H104O6/c1-4-7-10-13-16-19-22-24-26-28-30-31-33-36-39-42-45-48-51-57(60)63-54-55(53-62-56(59)50-47-44-41-38-35-21-18-15-12-9-6-3)64-58(61)52-49-46-43-40-37-34-32-29-27-25-23-20-17-14-11-8-5-2/h15,18,21,26,28,30-31,35,55H,4-14,16-17,19-20,22-25,27,29,32-34,36-54H2,1-3H3/b18-15-,28-26-,31-30-,35-21-. The summed E-state index contributed by atoms with van der Waals surface area (Å²) >= 11 is 0. The molecule has 0 spiro atoms. The molecular weight excluding hydrogens is 793 g/mol. The summed E-state index contributed by atoms with van der Waals surface area (Å²) in [6, 6.07) is 0. The monoisotopic (exact) mass is 897 g/mol. The van der Waals surface area contributed by atoms with E-state index in [0.717, 1.165) is 89.9 Å². The highest BCUT2D eigenvalue weighted by Gasteiger charge is 2.19. The van der Waals surface area contributed by atoms with Crippen LogP contribution in [0.25, 0.3) is 0 Å². The van der Waals surface area contributed by atoms with Gasteiger partial charge in [-0.15, -0.1) is 0 Å². The molecule has 0 saturated heterocycles. The Hall–Kier alpha value is -2.63. The number of carbonyl (C=O) groups excluding carboxylic acids is 3. The first-order chi connectivity index (χ1) is 31.5. The lowest BCUT2D eigenvalue weighted by Gasteiger charge is -2.18. The summed E-state index contributed by atoms with van der Waals surface area (Å²) in [5.41, 5.74) is 0. The molecule has 0 bridgehead atoms. The van der Waals surface area contributed by atoms with E-state index >= 15 is 0 Å². The van der Waals surface area contributed by atoms with Crippen molar-refractivity contribution in [2.24, 2.45) is 0 Å². The maximum atomic E-state index is 12.8. The van der Waals surface area contributed by atoms with Crippen molar-refractivity contribution in [2.75, 3.05) is 13.2 Å². The van der Waals surface area contributed by atoms with Crippen LogP contribution in [-0.4, -0.2) is 37.2 Å². The summed E-state index contributed by atoms with van der Waals surface area (Å²) < 4.78 is 16.8. The minimum Gasteiger partial charge on any atom is -0.462 e. The highest BCUT2D eigenvalue weighted by Crippen LogP contribution is 2.16. The lowest BCUT2D eigenvalue weighted by molar-refractivity contribution is -0.167.